The lowest BCUT2D eigenvalue weighted by atomic mass is 10.1. The summed E-state index contributed by atoms with van der Waals surface area (Å²) in [6.07, 6.45) is 5.11. The first kappa shape index (κ1) is 21.7. The molecule has 1 aliphatic carbocycles. The molecule has 30 heavy (non-hydrogen) atoms. The Hall–Kier alpha value is -3.02. The molecule has 2 N–H and O–H groups in total. The first-order valence-electron chi connectivity index (χ1n) is 10.5. The summed E-state index contributed by atoms with van der Waals surface area (Å²) in [6, 6.07) is 13.2. The van der Waals surface area contributed by atoms with E-state index in [2.05, 4.69) is 10.6 Å². The van der Waals surface area contributed by atoms with Crippen LogP contribution in [-0.2, 0) is 22.6 Å². The number of rotatable bonds is 9. The third-order valence-corrected chi connectivity index (χ3v) is 5.52. The predicted molar refractivity (Wildman–Crippen MR) is 117 cm³/mol. The van der Waals surface area contributed by atoms with Gasteiger partial charge in [-0.15, -0.1) is 0 Å². The molecule has 1 fully saturated rings. The molecule has 0 heterocycles. The van der Waals surface area contributed by atoms with Crippen LogP contribution in [-0.4, -0.2) is 26.0 Å². The van der Waals surface area contributed by atoms with E-state index in [4.69, 9.17) is 9.47 Å². The summed E-state index contributed by atoms with van der Waals surface area (Å²) in [5.74, 6) is 1.67. The molecule has 1 saturated carbocycles. The van der Waals surface area contributed by atoms with Crippen LogP contribution in [0.4, 0.5) is 5.69 Å². The van der Waals surface area contributed by atoms with Crippen molar-refractivity contribution in [3.8, 4) is 11.5 Å². The van der Waals surface area contributed by atoms with Crippen molar-refractivity contribution >= 4 is 17.5 Å². The number of ether oxygens (including phenoxy) is 2. The number of aryl methyl sites for hydroxylation is 1. The minimum Gasteiger partial charge on any atom is -0.497 e. The maximum atomic E-state index is 12.3. The molecule has 160 valence electrons. The highest BCUT2D eigenvalue weighted by molar-refractivity contribution is 5.92. The molecule has 0 atom stereocenters. The highest BCUT2D eigenvalue weighted by atomic mass is 16.5. The molecule has 0 unspecified atom stereocenters. The second-order valence-corrected chi connectivity index (χ2v) is 7.63. The van der Waals surface area contributed by atoms with Gasteiger partial charge in [0.1, 0.15) is 11.5 Å². The van der Waals surface area contributed by atoms with E-state index in [1.54, 1.807) is 14.2 Å². The van der Waals surface area contributed by atoms with Crippen molar-refractivity contribution in [1.82, 2.24) is 5.32 Å². The van der Waals surface area contributed by atoms with Gasteiger partial charge in [-0.2, -0.15) is 0 Å². The van der Waals surface area contributed by atoms with Gasteiger partial charge < -0.3 is 20.1 Å². The lowest BCUT2D eigenvalue weighted by Gasteiger charge is -2.12. The fourth-order valence-corrected chi connectivity index (χ4v) is 3.81. The third kappa shape index (κ3) is 5.99. The normalized spacial score (nSPS) is 13.7. The molecular formula is C24H30N2O4. The zero-order valence-corrected chi connectivity index (χ0v) is 17.7. The van der Waals surface area contributed by atoms with E-state index in [-0.39, 0.29) is 17.7 Å². The van der Waals surface area contributed by atoms with E-state index in [1.165, 1.54) is 0 Å². The lowest BCUT2D eigenvalue weighted by Crippen LogP contribution is -2.23. The summed E-state index contributed by atoms with van der Waals surface area (Å²) < 4.78 is 10.6. The number of carbonyl (C=O) groups excluding carboxylic acids is 2. The summed E-state index contributed by atoms with van der Waals surface area (Å²) in [7, 11) is 3.23. The maximum Gasteiger partial charge on any atom is 0.227 e. The van der Waals surface area contributed by atoms with Crippen molar-refractivity contribution in [3.63, 3.8) is 0 Å². The van der Waals surface area contributed by atoms with Gasteiger partial charge >= 0.3 is 0 Å². The van der Waals surface area contributed by atoms with Gasteiger partial charge in [-0.05, 0) is 60.7 Å². The Morgan fingerprint density at radius 3 is 2.57 bits per heavy atom. The number of carbonyl (C=O) groups is 2. The van der Waals surface area contributed by atoms with Gasteiger partial charge in [-0.3, -0.25) is 9.59 Å². The van der Waals surface area contributed by atoms with Crippen molar-refractivity contribution in [2.45, 2.75) is 45.1 Å². The molecule has 0 saturated heterocycles. The van der Waals surface area contributed by atoms with Gasteiger partial charge in [0.05, 0.1) is 14.2 Å². The fraction of sp³-hybridized carbons (Fsp3) is 0.417. The molecule has 6 nitrogen and oxygen atoms in total. The molecule has 0 bridgehead atoms. The van der Waals surface area contributed by atoms with Crippen LogP contribution < -0.4 is 20.1 Å². The van der Waals surface area contributed by atoms with Crippen molar-refractivity contribution in [2.24, 2.45) is 5.92 Å². The number of benzene rings is 2. The second-order valence-electron chi connectivity index (χ2n) is 7.63. The van der Waals surface area contributed by atoms with Crippen molar-refractivity contribution in [1.29, 1.82) is 0 Å². The largest absolute Gasteiger partial charge is 0.497 e. The van der Waals surface area contributed by atoms with Gasteiger partial charge in [0.2, 0.25) is 11.8 Å². The molecule has 0 aliphatic heterocycles. The molecular weight excluding hydrogens is 380 g/mol. The first-order valence-corrected chi connectivity index (χ1v) is 10.5. The van der Waals surface area contributed by atoms with Gasteiger partial charge in [-0.25, -0.2) is 0 Å². The molecule has 0 spiro atoms. The topological polar surface area (TPSA) is 76.7 Å². The highest BCUT2D eigenvalue weighted by Crippen LogP contribution is 2.26. The maximum absolute atomic E-state index is 12.3. The number of anilines is 1. The van der Waals surface area contributed by atoms with Crippen LogP contribution in [0.5, 0.6) is 11.5 Å². The quantitative estimate of drug-likeness (QED) is 0.653. The minimum atomic E-state index is -0.0414. The van der Waals surface area contributed by atoms with Crippen LogP contribution in [0.15, 0.2) is 42.5 Å². The number of methoxy groups -OCH3 is 2. The van der Waals surface area contributed by atoms with Crippen molar-refractivity contribution in [2.75, 3.05) is 19.5 Å². The Kier molecular flexibility index (Phi) is 7.71. The monoisotopic (exact) mass is 410 g/mol. The van der Waals surface area contributed by atoms with E-state index in [1.807, 2.05) is 42.5 Å². The molecule has 6 heteroatoms. The molecule has 2 aromatic carbocycles. The average Bonchev–Trinajstić information content (AvgIpc) is 3.31. The molecule has 0 radical (unpaired) electrons. The fourth-order valence-electron chi connectivity index (χ4n) is 3.81. The third-order valence-electron chi connectivity index (χ3n) is 5.52. The number of hydrogen-bond acceptors (Lipinski definition) is 4. The molecule has 1 aliphatic rings. The minimum absolute atomic E-state index is 0.0414. The second kappa shape index (κ2) is 10.7. The van der Waals surface area contributed by atoms with Crippen molar-refractivity contribution in [3.05, 3.63) is 53.6 Å². The van der Waals surface area contributed by atoms with Crippen LogP contribution >= 0.6 is 0 Å². The lowest BCUT2D eigenvalue weighted by molar-refractivity contribution is -0.121. The van der Waals surface area contributed by atoms with E-state index in [0.29, 0.717) is 19.4 Å². The Labute approximate surface area is 178 Å². The average molecular weight is 411 g/mol. The standard InChI is InChI=1S/C24H30N2O4/c1-29-21-11-12-22(30-2)19(15-21)10-13-23(27)25-16-17-6-5-9-20(14-17)26-24(28)18-7-3-4-8-18/h5-6,9,11-12,14-15,18H,3-4,7-8,10,13,16H2,1-2H3,(H,25,27)(H,26,28). The van der Waals surface area contributed by atoms with Crippen LogP contribution in [0.2, 0.25) is 0 Å². The van der Waals surface area contributed by atoms with E-state index in [0.717, 1.165) is 54.0 Å². The highest BCUT2D eigenvalue weighted by Gasteiger charge is 2.22. The summed E-state index contributed by atoms with van der Waals surface area (Å²) in [5.41, 5.74) is 2.66. The Balaban J connectivity index is 1.49. The van der Waals surface area contributed by atoms with Crippen LogP contribution in [0.3, 0.4) is 0 Å². The number of amides is 2. The summed E-state index contributed by atoms with van der Waals surface area (Å²) in [6.45, 7) is 0.418. The van der Waals surface area contributed by atoms with Gasteiger partial charge in [0, 0.05) is 24.6 Å². The SMILES string of the molecule is COc1ccc(OC)c(CCC(=O)NCc2cccc(NC(=O)C3CCCC3)c2)c1. The van der Waals surface area contributed by atoms with Crippen LogP contribution in [0.25, 0.3) is 0 Å². The van der Waals surface area contributed by atoms with Gasteiger partial charge in [-0.1, -0.05) is 25.0 Å². The Morgan fingerprint density at radius 1 is 1.03 bits per heavy atom. The van der Waals surface area contributed by atoms with Gasteiger partial charge in [0.25, 0.3) is 0 Å². The van der Waals surface area contributed by atoms with Crippen LogP contribution in [0.1, 0.15) is 43.2 Å². The van der Waals surface area contributed by atoms with Gasteiger partial charge in [0.15, 0.2) is 0 Å². The molecule has 0 aromatic heterocycles. The zero-order chi connectivity index (χ0) is 21.3. The first-order chi connectivity index (χ1) is 14.6. The molecule has 3 rings (SSSR count). The van der Waals surface area contributed by atoms with Crippen molar-refractivity contribution < 1.29 is 19.1 Å². The zero-order valence-electron chi connectivity index (χ0n) is 17.7. The molecule has 2 aromatic rings. The summed E-state index contributed by atoms with van der Waals surface area (Å²) in [4.78, 5) is 24.6. The summed E-state index contributed by atoms with van der Waals surface area (Å²) >= 11 is 0. The van der Waals surface area contributed by atoms with E-state index in [9.17, 15) is 9.59 Å². The van der Waals surface area contributed by atoms with E-state index < -0.39 is 0 Å². The van der Waals surface area contributed by atoms with Crippen LogP contribution in [0, 0.1) is 5.92 Å². The smallest absolute Gasteiger partial charge is 0.227 e. The summed E-state index contributed by atoms with van der Waals surface area (Å²) in [5, 5.41) is 5.95. The Morgan fingerprint density at radius 2 is 1.83 bits per heavy atom. The molecule has 2 amide bonds. The predicted octanol–water partition coefficient (Wildman–Crippen LogP) is 4.08. The van der Waals surface area contributed by atoms with E-state index >= 15 is 0 Å². The number of nitrogens with one attached hydrogen (secondary N) is 2. The number of hydrogen-bond donors (Lipinski definition) is 2. The Bertz CT molecular complexity index is 875.